The normalized spacial score (nSPS) is 11.9. The topological polar surface area (TPSA) is 55.2 Å². The number of hydrogen-bond donors (Lipinski definition) is 1. The number of nitrogens with zero attached hydrogens (tertiary/aromatic N) is 1. The van der Waals surface area contributed by atoms with E-state index in [0.29, 0.717) is 0 Å². The van der Waals surface area contributed by atoms with Gasteiger partial charge in [0.15, 0.2) is 0 Å². The third-order valence-electron chi connectivity index (χ3n) is 3.12. The highest BCUT2D eigenvalue weighted by Gasteiger charge is 2.21. The Morgan fingerprint density at radius 1 is 1.20 bits per heavy atom. The number of nitro benzene ring substituents is 1. The van der Waals surface area contributed by atoms with Gasteiger partial charge in [-0.25, -0.2) is 0 Å². The van der Waals surface area contributed by atoms with Gasteiger partial charge in [0.2, 0.25) is 5.82 Å². The van der Waals surface area contributed by atoms with E-state index in [1.165, 1.54) is 12.1 Å². The molecule has 2 aromatic rings. The quantitative estimate of drug-likeness (QED) is 0.671. The lowest BCUT2D eigenvalue weighted by Gasteiger charge is -2.16. The Bertz CT molecular complexity index is 626. The van der Waals surface area contributed by atoms with Crippen molar-refractivity contribution >= 4 is 11.4 Å². The molecule has 0 heterocycles. The maximum Gasteiger partial charge on any atom is 0.327 e. The van der Waals surface area contributed by atoms with Crippen molar-refractivity contribution in [3.05, 3.63) is 69.5 Å². The molecule has 0 aliphatic carbocycles. The number of nitro groups is 1. The van der Waals surface area contributed by atoms with Gasteiger partial charge < -0.3 is 5.32 Å². The largest absolute Gasteiger partial charge is 0.373 e. The summed E-state index contributed by atoms with van der Waals surface area (Å²) >= 11 is 0. The maximum atomic E-state index is 13.5. The standard InChI is InChI=1S/C15H15FN2O2/c1-10-6-8-12(9-7-10)11(2)17-14-5-3-4-13(16)15(14)18(19)20/h3-9,11,17H,1-2H3. The Labute approximate surface area is 116 Å². The van der Waals surface area contributed by atoms with Gasteiger partial charge in [-0.15, -0.1) is 0 Å². The van der Waals surface area contributed by atoms with Crippen molar-refractivity contribution in [2.24, 2.45) is 0 Å². The van der Waals surface area contributed by atoms with Crippen molar-refractivity contribution in [3.63, 3.8) is 0 Å². The predicted octanol–water partition coefficient (Wildman–Crippen LogP) is 4.22. The molecule has 2 aromatic carbocycles. The van der Waals surface area contributed by atoms with Crippen molar-refractivity contribution in [2.45, 2.75) is 19.9 Å². The van der Waals surface area contributed by atoms with Gasteiger partial charge in [-0.1, -0.05) is 35.9 Å². The highest BCUT2D eigenvalue weighted by molar-refractivity contribution is 5.62. The number of halogens is 1. The molecule has 0 aliphatic heterocycles. The first kappa shape index (κ1) is 14.0. The second-order valence-electron chi connectivity index (χ2n) is 4.67. The Balaban J connectivity index is 2.28. The summed E-state index contributed by atoms with van der Waals surface area (Å²) in [6.45, 7) is 3.86. The van der Waals surface area contributed by atoms with Crippen LogP contribution in [-0.4, -0.2) is 4.92 Å². The predicted molar refractivity (Wildman–Crippen MR) is 76.3 cm³/mol. The van der Waals surface area contributed by atoms with Crippen molar-refractivity contribution in [1.29, 1.82) is 0 Å². The van der Waals surface area contributed by atoms with Gasteiger partial charge in [-0.2, -0.15) is 4.39 Å². The SMILES string of the molecule is Cc1ccc(C(C)Nc2cccc(F)c2[N+](=O)[O-])cc1. The molecule has 1 N–H and O–H groups in total. The average Bonchev–Trinajstić information content (AvgIpc) is 2.39. The van der Waals surface area contributed by atoms with E-state index in [-0.39, 0.29) is 11.7 Å². The Kier molecular flexibility index (Phi) is 3.98. The van der Waals surface area contributed by atoms with Crippen LogP contribution in [-0.2, 0) is 0 Å². The molecule has 104 valence electrons. The summed E-state index contributed by atoms with van der Waals surface area (Å²) in [6, 6.07) is 11.7. The summed E-state index contributed by atoms with van der Waals surface area (Å²) in [5.74, 6) is -0.837. The van der Waals surface area contributed by atoms with Crippen molar-refractivity contribution in [1.82, 2.24) is 0 Å². The van der Waals surface area contributed by atoms with Crippen LogP contribution in [0.3, 0.4) is 0 Å². The summed E-state index contributed by atoms with van der Waals surface area (Å²) in [5.41, 5.74) is 1.78. The van der Waals surface area contributed by atoms with Gasteiger partial charge in [-0.05, 0) is 31.5 Å². The lowest BCUT2D eigenvalue weighted by molar-refractivity contribution is -0.386. The second-order valence-corrected chi connectivity index (χ2v) is 4.67. The van der Waals surface area contributed by atoms with Crippen molar-refractivity contribution in [3.8, 4) is 0 Å². The second kappa shape index (κ2) is 5.69. The number of benzene rings is 2. The van der Waals surface area contributed by atoms with Gasteiger partial charge in [0.1, 0.15) is 5.69 Å². The van der Waals surface area contributed by atoms with E-state index in [9.17, 15) is 14.5 Å². The summed E-state index contributed by atoms with van der Waals surface area (Å²) in [6.07, 6.45) is 0. The fraction of sp³-hybridized carbons (Fsp3) is 0.200. The van der Waals surface area contributed by atoms with Crippen molar-refractivity contribution < 1.29 is 9.31 Å². The van der Waals surface area contributed by atoms with Gasteiger partial charge >= 0.3 is 5.69 Å². The number of hydrogen-bond acceptors (Lipinski definition) is 3. The molecule has 0 radical (unpaired) electrons. The fourth-order valence-corrected chi connectivity index (χ4v) is 1.99. The van der Waals surface area contributed by atoms with E-state index in [0.717, 1.165) is 17.2 Å². The van der Waals surface area contributed by atoms with E-state index in [1.807, 2.05) is 38.1 Å². The molecule has 4 nitrogen and oxygen atoms in total. The minimum absolute atomic E-state index is 0.156. The molecule has 0 spiro atoms. The zero-order valence-corrected chi connectivity index (χ0v) is 11.3. The minimum atomic E-state index is -0.837. The number of para-hydroxylation sites is 1. The maximum absolute atomic E-state index is 13.5. The zero-order valence-electron chi connectivity index (χ0n) is 11.3. The third-order valence-corrected chi connectivity index (χ3v) is 3.12. The van der Waals surface area contributed by atoms with Gasteiger partial charge in [0.25, 0.3) is 0 Å². The number of aryl methyl sites for hydroxylation is 1. The number of anilines is 1. The van der Waals surface area contributed by atoms with Crippen LogP contribution in [0.5, 0.6) is 0 Å². The molecule has 5 heteroatoms. The van der Waals surface area contributed by atoms with Crippen LogP contribution >= 0.6 is 0 Å². The molecule has 2 rings (SSSR count). The highest BCUT2D eigenvalue weighted by Crippen LogP contribution is 2.30. The number of nitrogens with one attached hydrogen (secondary N) is 1. The van der Waals surface area contributed by atoms with Gasteiger partial charge in [-0.3, -0.25) is 10.1 Å². The summed E-state index contributed by atoms with van der Waals surface area (Å²) in [7, 11) is 0. The van der Waals surface area contributed by atoms with Crippen LogP contribution in [0.25, 0.3) is 0 Å². The van der Waals surface area contributed by atoms with E-state index in [2.05, 4.69) is 5.32 Å². The fourth-order valence-electron chi connectivity index (χ4n) is 1.99. The summed E-state index contributed by atoms with van der Waals surface area (Å²) in [5, 5.41) is 13.9. The van der Waals surface area contributed by atoms with Crippen LogP contribution in [0.4, 0.5) is 15.8 Å². The van der Waals surface area contributed by atoms with Crippen LogP contribution in [0, 0.1) is 22.9 Å². The van der Waals surface area contributed by atoms with Gasteiger partial charge in [0.05, 0.1) is 4.92 Å². The molecular formula is C15H15FN2O2. The minimum Gasteiger partial charge on any atom is -0.373 e. The summed E-state index contributed by atoms with van der Waals surface area (Å²) < 4.78 is 13.5. The van der Waals surface area contributed by atoms with Crippen LogP contribution in [0.1, 0.15) is 24.1 Å². The average molecular weight is 274 g/mol. The first-order valence-corrected chi connectivity index (χ1v) is 6.25. The Morgan fingerprint density at radius 2 is 1.85 bits per heavy atom. The molecular weight excluding hydrogens is 259 g/mol. The monoisotopic (exact) mass is 274 g/mol. The molecule has 0 amide bonds. The van der Waals surface area contributed by atoms with E-state index in [4.69, 9.17) is 0 Å². The van der Waals surface area contributed by atoms with Crippen molar-refractivity contribution in [2.75, 3.05) is 5.32 Å². The third kappa shape index (κ3) is 2.93. The molecule has 0 saturated heterocycles. The van der Waals surface area contributed by atoms with Crippen LogP contribution < -0.4 is 5.32 Å². The first-order valence-electron chi connectivity index (χ1n) is 6.25. The molecule has 20 heavy (non-hydrogen) atoms. The van der Waals surface area contributed by atoms with E-state index >= 15 is 0 Å². The number of rotatable bonds is 4. The zero-order chi connectivity index (χ0) is 14.7. The summed E-state index contributed by atoms with van der Waals surface area (Å²) in [4.78, 5) is 10.2. The van der Waals surface area contributed by atoms with Crippen LogP contribution in [0.2, 0.25) is 0 Å². The lowest BCUT2D eigenvalue weighted by Crippen LogP contribution is -2.09. The Morgan fingerprint density at radius 3 is 2.45 bits per heavy atom. The highest BCUT2D eigenvalue weighted by atomic mass is 19.1. The van der Waals surface area contributed by atoms with Crippen LogP contribution in [0.15, 0.2) is 42.5 Å². The smallest absolute Gasteiger partial charge is 0.327 e. The molecule has 0 aromatic heterocycles. The molecule has 1 atom stereocenters. The molecule has 1 unspecified atom stereocenters. The van der Waals surface area contributed by atoms with E-state index < -0.39 is 16.4 Å². The molecule has 0 aliphatic rings. The van der Waals surface area contributed by atoms with Gasteiger partial charge in [0, 0.05) is 6.04 Å². The van der Waals surface area contributed by atoms with E-state index in [1.54, 1.807) is 0 Å². The molecule has 0 bridgehead atoms. The lowest BCUT2D eigenvalue weighted by atomic mass is 10.1. The first-order chi connectivity index (χ1) is 9.49. The molecule has 0 saturated carbocycles. The molecule has 0 fully saturated rings. The Hall–Kier alpha value is -2.43.